The van der Waals surface area contributed by atoms with Gasteiger partial charge in [-0.1, -0.05) is 29.8 Å². The highest BCUT2D eigenvalue weighted by atomic mass is 79.9. The molecule has 1 unspecified atom stereocenters. The summed E-state index contributed by atoms with van der Waals surface area (Å²) in [6.07, 6.45) is 0. The smallest absolute Gasteiger partial charge is 0.138 e. The number of rotatable bonds is 8. The van der Waals surface area contributed by atoms with Crippen molar-refractivity contribution in [2.24, 2.45) is 5.92 Å². The van der Waals surface area contributed by atoms with Gasteiger partial charge in [0.05, 0.1) is 17.7 Å². The highest BCUT2D eigenvalue weighted by molar-refractivity contribution is 9.11. The molecule has 1 N–H and O–H groups in total. The van der Waals surface area contributed by atoms with Gasteiger partial charge in [-0.3, -0.25) is 0 Å². The third-order valence-corrected chi connectivity index (χ3v) is 4.13. The third-order valence-electron chi connectivity index (χ3n) is 3.08. The molecule has 0 radical (unpaired) electrons. The summed E-state index contributed by atoms with van der Waals surface area (Å²) in [5, 5.41) is 3.54. The topological polar surface area (TPSA) is 30.5 Å². The fourth-order valence-corrected chi connectivity index (χ4v) is 3.39. The monoisotopic (exact) mass is 407 g/mol. The van der Waals surface area contributed by atoms with Crippen LogP contribution in [0.2, 0.25) is 0 Å². The summed E-state index contributed by atoms with van der Waals surface area (Å²) in [6, 6.07) is 4.42. The zero-order valence-corrected chi connectivity index (χ0v) is 15.7. The predicted molar refractivity (Wildman–Crippen MR) is 90.4 cm³/mol. The number of hydrogen-bond donors (Lipinski definition) is 1. The van der Waals surface area contributed by atoms with Gasteiger partial charge in [-0.15, -0.1) is 0 Å². The van der Waals surface area contributed by atoms with Gasteiger partial charge in [-0.2, -0.15) is 0 Å². The maximum absolute atomic E-state index is 5.74. The van der Waals surface area contributed by atoms with Gasteiger partial charge >= 0.3 is 0 Å². The maximum atomic E-state index is 5.74. The summed E-state index contributed by atoms with van der Waals surface area (Å²) in [5.41, 5.74) is 1.13. The Morgan fingerprint density at radius 2 is 1.95 bits per heavy atom. The Bertz CT molecular complexity index is 425. The number of nitrogens with one attached hydrogen (secondary N) is 1. The van der Waals surface area contributed by atoms with Gasteiger partial charge < -0.3 is 14.8 Å². The van der Waals surface area contributed by atoms with Crippen LogP contribution in [0.4, 0.5) is 0 Å². The second-order valence-corrected chi connectivity index (χ2v) is 6.77. The average molecular weight is 409 g/mol. The molecular weight excluding hydrogens is 386 g/mol. The van der Waals surface area contributed by atoms with E-state index in [4.69, 9.17) is 9.47 Å². The normalized spacial score (nSPS) is 12.8. The molecule has 0 bridgehead atoms. The number of methoxy groups -OCH3 is 1. The van der Waals surface area contributed by atoms with Crippen LogP contribution in [0.1, 0.15) is 26.3 Å². The summed E-state index contributed by atoms with van der Waals surface area (Å²) in [6.45, 7) is 8.48. The standard InChI is InChI=1S/C15H23Br2NO2/c1-5-20-15-11(6-12(16)7-13(15)17)8-18-14(9-19-4)10(2)3/h6-7,10,14,18H,5,8-9H2,1-4H3. The zero-order chi connectivity index (χ0) is 15.1. The van der Waals surface area contributed by atoms with E-state index in [2.05, 4.69) is 57.1 Å². The summed E-state index contributed by atoms with van der Waals surface area (Å²) >= 11 is 7.09. The molecule has 20 heavy (non-hydrogen) atoms. The molecule has 0 aliphatic carbocycles. The Kier molecular flexibility index (Phi) is 8.10. The van der Waals surface area contributed by atoms with Crippen LogP contribution in [0, 0.1) is 5.92 Å². The van der Waals surface area contributed by atoms with Gasteiger partial charge in [0, 0.05) is 29.7 Å². The van der Waals surface area contributed by atoms with E-state index >= 15 is 0 Å². The van der Waals surface area contributed by atoms with Gasteiger partial charge in [-0.25, -0.2) is 0 Å². The minimum absolute atomic E-state index is 0.326. The first-order valence-corrected chi connectivity index (χ1v) is 8.41. The molecule has 0 saturated heterocycles. The molecule has 0 heterocycles. The fraction of sp³-hybridized carbons (Fsp3) is 0.600. The lowest BCUT2D eigenvalue weighted by Gasteiger charge is -2.22. The van der Waals surface area contributed by atoms with E-state index in [1.807, 2.05) is 13.0 Å². The van der Waals surface area contributed by atoms with Crippen LogP contribution < -0.4 is 10.1 Å². The molecule has 0 fully saturated rings. The van der Waals surface area contributed by atoms with Crippen molar-refractivity contribution in [1.29, 1.82) is 0 Å². The van der Waals surface area contributed by atoms with Crippen molar-refractivity contribution in [2.45, 2.75) is 33.4 Å². The molecule has 0 saturated carbocycles. The molecule has 0 aliphatic heterocycles. The molecule has 1 rings (SSSR count). The molecule has 114 valence electrons. The molecule has 3 nitrogen and oxygen atoms in total. The van der Waals surface area contributed by atoms with Crippen LogP contribution >= 0.6 is 31.9 Å². The van der Waals surface area contributed by atoms with Crippen LogP contribution in [0.5, 0.6) is 5.75 Å². The van der Waals surface area contributed by atoms with E-state index in [1.54, 1.807) is 7.11 Å². The van der Waals surface area contributed by atoms with Crippen LogP contribution in [0.3, 0.4) is 0 Å². The second-order valence-electron chi connectivity index (χ2n) is 5.00. The Morgan fingerprint density at radius 1 is 1.25 bits per heavy atom. The Labute approximate surface area is 138 Å². The molecule has 1 atom stereocenters. The van der Waals surface area contributed by atoms with Gasteiger partial charge in [0.2, 0.25) is 0 Å². The Morgan fingerprint density at radius 3 is 2.50 bits per heavy atom. The van der Waals surface area contributed by atoms with Crippen molar-refractivity contribution < 1.29 is 9.47 Å². The zero-order valence-electron chi connectivity index (χ0n) is 12.5. The first kappa shape index (κ1) is 18.0. The van der Waals surface area contributed by atoms with E-state index in [0.717, 1.165) is 26.8 Å². The molecule has 0 aromatic heterocycles. The van der Waals surface area contributed by atoms with Crippen molar-refractivity contribution in [3.8, 4) is 5.75 Å². The van der Waals surface area contributed by atoms with Gasteiger partial charge in [0.25, 0.3) is 0 Å². The lowest BCUT2D eigenvalue weighted by Crippen LogP contribution is -2.37. The highest BCUT2D eigenvalue weighted by Gasteiger charge is 2.15. The molecule has 0 aliphatic rings. The number of benzene rings is 1. The quantitative estimate of drug-likeness (QED) is 0.692. The van der Waals surface area contributed by atoms with Crippen LogP contribution in [0.15, 0.2) is 21.1 Å². The summed E-state index contributed by atoms with van der Waals surface area (Å²) < 4.78 is 13.0. The molecule has 1 aromatic rings. The SMILES string of the molecule is CCOc1c(Br)cc(Br)cc1CNC(COC)C(C)C. The van der Waals surface area contributed by atoms with Gasteiger partial charge in [-0.05, 0) is 40.9 Å². The van der Waals surface area contributed by atoms with E-state index < -0.39 is 0 Å². The van der Waals surface area contributed by atoms with Gasteiger partial charge in [0.1, 0.15) is 5.75 Å². The number of hydrogen-bond acceptors (Lipinski definition) is 3. The lowest BCUT2D eigenvalue weighted by molar-refractivity contribution is 0.146. The van der Waals surface area contributed by atoms with Crippen LogP contribution in [-0.2, 0) is 11.3 Å². The second kappa shape index (κ2) is 9.03. The van der Waals surface area contributed by atoms with Crippen molar-refractivity contribution in [2.75, 3.05) is 20.3 Å². The van der Waals surface area contributed by atoms with E-state index in [-0.39, 0.29) is 0 Å². The summed E-state index contributed by atoms with van der Waals surface area (Å²) in [7, 11) is 1.73. The van der Waals surface area contributed by atoms with Crippen molar-refractivity contribution in [3.63, 3.8) is 0 Å². The fourth-order valence-electron chi connectivity index (χ4n) is 1.96. The van der Waals surface area contributed by atoms with Crippen LogP contribution in [-0.4, -0.2) is 26.4 Å². The first-order chi connectivity index (χ1) is 9.49. The maximum Gasteiger partial charge on any atom is 0.138 e. The lowest BCUT2D eigenvalue weighted by atomic mass is 10.0. The van der Waals surface area contributed by atoms with E-state index in [1.165, 1.54) is 0 Å². The average Bonchev–Trinajstić information content (AvgIpc) is 2.37. The number of ether oxygens (including phenoxy) is 2. The van der Waals surface area contributed by atoms with Crippen molar-refractivity contribution in [1.82, 2.24) is 5.32 Å². The van der Waals surface area contributed by atoms with Crippen LogP contribution in [0.25, 0.3) is 0 Å². The van der Waals surface area contributed by atoms with Gasteiger partial charge in [0.15, 0.2) is 0 Å². The van der Waals surface area contributed by atoms with E-state index in [9.17, 15) is 0 Å². The molecule has 0 amide bonds. The minimum Gasteiger partial charge on any atom is -0.492 e. The van der Waals surface area contributed by atoms with E-state index in [0.29, 0.717) is 25.2 Å². The largest absolute Gasteiger partial charge is 0.492 e. The minimum atomic E-state index is 0.326. The predicted octanol–water partition coefficient (Wildman–Crippen LogP) is 4.37. The summed E-state index contributed by atoms with van der Waals surface area (Å²) in [4.78, 5) is 0. The molecule has 5 heteroatoms. The first-order valence-electron chi connectivity index (χ1n) is 6.82. The summed E-state index contributed by atoms with van der Waals surface area (Å²) in [5.74, 6) is 1.42. The Hall–Kier alpha value is -0.100. The molecule has 0 spiro atoms. The third kappa shape index (κ3) is 5.35. The highest BCUT2D eigenvalue weighted by Crippen LogP contribution is 2.33. The Balaban J connectivity index is 2.84. The molecule has 1 aromatic carbocycles. The van der Waals surface area contributed by atoms with Crippen molar-refractivity contribution in [3.05, 3.63) is 26.6 Å². The van der Waals surface area contributed by atoms with Crippen molar-refractivity contribution >= 4 is 31.9 Å². The molecular formula is C15H23Br2NO2. The number of halogens is 2.